The molecule has 0 unspecified atom stereocenters. The predicted octanol–water partition coefficient (Wildman–Crippen LogP) is 1.69. The highest BCUT2D eigenvalue weighted by molar-refractivity contribution is 5.92. The fraction of sp³-hybridized carbons (Fsp3) is 0.833. The van der Waals surface area contributed by atoms with Gasteiger partial charge in [0, 0.05) is 0 Å². The Morgan fingerprint density at radius 3 is 1.83 bits per heavy atom. The van der Waals surface area contributed by atoms with Crippen molar-refractivity contribution in [3.05, 3.63) is 5.21 Å². The van der Waals surface area contributed by atoms with Gasteiger partial charge in [-0.05, 0) is 25.7 Å². The van der Waals surface area contributed by atoms with Gasteiger partial charge in [-0.3, -0.25) is 9.59 Å². The van der Waals surface area contributed by atoms with Crippen LogP contribution in [0.25, 0.3) is 0 Å². The minimum absolute atomic E-state index is 0.0142. The van der Waals surface area contributed by atoms with Gasteiger partial charge in [-0.2, -0.15) is 0 Å². The third kappa shape index (κ3) is 5.97. The molecule has 0 aliphatic heterocycles. The summed E-state index contributed by atoms with van der Waals surface area (Å²) in [6.45, 7) is 5.14. The number of hydroxylamine groups is 3. The van der Waals surface area contributed by atoms with Gasteiger partial charge in [0.25, 0.3) is 0 Å². The van der Waals surface area contributed by atoms with Crippen LogP contribution in [0.3, 0.4) is 0 Å². The van der Waals surface area contributed by atoms with Crippen molar-refractivity contribution in [2.75, 3.05) is 19.6 Å². The molecule has 0 saturated carbocycles. The molecule has 0 amide bonds. The number of rotatable bonds is 10. The number of carbonyl (C=O) groups is 2. The summed E-state index contributed by atoms with van der Waals surface area (Å²) in [5.41, 5.74) is 0. The molecule has 0 aliphatic carbocycles. The molecule has 0 radical (unpaired) electrons. The van der Waals surface area contributed by atoms with Crippen molar-refractivity contribution in [1.29, 1.82) is 0 Å². The third-order valence-corrected chi connectivity index (χ3v) is 2.92. The van der Waals surface area contributed by atoms with Crippen LogP contribution in [-0.2, 0) is 9.59 Å². The largest absolute Gasteiger partial charge is 0.633 e. The van der Waals surface area contributed by atoms with Crippen LogP contribution in [0, 0.1) is 11.1 Å². The van der Waals surface area contributed by atoms with E-state index >= 15 is 0 Å². The predicted molar refractivity (Wildman–Crippen MR) is 66.8 cm³/mol. The van der Waals surface area contributed by atoms with Crippen molar-refractivity contribution in [2.45, 2.75) is 39.5 Å². The Hall–Kier alpha value is -1.14. The normalized spacial score (nSPS) is 11.8. The first-order chi connectivity index (χ1) is 8.36. The van der Waals surface area contributed by atoms with Crippen LogP contribution < -0.4 is 0 Å². The fourth-order valence-electron chi connectivity index (χ4n) is 2.09. The molecule has 18 heavy (non-hydrogen) atoms. The lowest BCUT2D eigenvalue weighted by Gasteiger charge is -2.42. The Kier molecular flexibility index (Phi) is 7.54. The molecule has 6 heteroatoms. The molecule has 0 rings (SSSR count). The zero-order valence-electron chi connectivity index (χ0n) is 11.1. The summed E-state index contributed by atoms with van der Waals surface area (Å²) < 4.78 is -0.348. The van der Waals surface area contributed by atoms with Crippen molar-refractivity contribution in [3.8, 4) is 0 Å². The molecular formula is C12H23NO5. The first-order valence-electron chi connectivity index (χ1n) is 6.39. The summed E-state index contributed by atoms with van der Waals surface area (Å²) in [6.07, 6.45) is 1.88. The summed E-state index contributed by atoms with van der Waals surface area (Å²) >= 11 is 0. The van der Waals surface area contributed by atoms with Gasteiger partial charge in [-0.1, -0.05) is 13.8 Å². The fourth-order valence-corrected chi connectivity index (χ4v) is 2.09. The molecule has 0 aliphatic rings. The van der Waals surface area contributed by atoms with Crippen molar-refractivity contribution in [1.82, 2.24) is 0 Å². The summed E-state index contributed by atoms with van der Waals surface area (Å²) in [6, 6.07) is 0. The van der Waals surface area contributed by atoms with Crippen LogP contribution in [0.2, 0.25) is 0 Å². The van der Waals surface area contributed by atoms with Gasteiger partial charge in [0.15, 0.2) is 5.92 Å². The van der Waals surface area contributed by atoms with Gasteiger partial charge in [0.05, 0.1) is 19.6 Å². The van der Waals surface area contributed by atoms with Crippen LogP contribution >= 0.6 is 0 Å². The van der Waals surface area contributed by atoms with E-state index in [-0.39, 0.29) is 11.1 Å². The molecule has 0 spiro atoms. The topological polar surface area (TPSA) is 97.7 Å². The van der Waals surface area contributed by atoms with Crippen molar-refractivity contribution in [2.24, 2.45) is 5.92 Å². The molecule has 0 heterocycles. The van der Waals surface area contributed by atoms with E-state index in [1.807, 2.05) is 13.8 Å². The van der Waals surface area contributed by atoms with Crippen LogP contribution in [0.4, 0.5) is 0 Å². The maximum absolute atomic E-state index is 12.3. The number of quaternary nitrogens is 1. The Balaban J connectivity index is 4.27. The summed E-state index contributed by atoms with van der Waals surface area (Å²) in [7, 11) is 0. The average Bonchev–Trinajstić information content (AvgIpc) is 2.24. The maximum Gasteiger partial charge on any atom is 0.317 e. The van der Waals surface area contributed by atoms with E-state index in [0.717, 1.165) is 12.8 Å². The Bertz CT molecular complexity index is 260. The lowest BCUT2D eigenvalue weighted by Crippen LogP contribution is -2.44. The van der Waals surface area contributed by atoms with Crippen LogP contribution in [0.1, 0.15) is 39.5 Å². The van der Waals surface area contributed by atoms with Gasteiger partial charge in [-0.25, -0.2) is 0 Å². The molecule has 0 fully saturated rings. The molecule has 0 atom stereocenters. The van der Waals surface area contributed by atoms with Gasteiger partial charge in [-0.15, -0.1) is 0 Å². The van der Waals surface area contributed by atoms with Gasteiger partial charge in [0.1, 0.15) is 0 Å². The van der Waals surface area contributed by atoms with E-state index in [1.165, 1.54) is 0 Å². The first kappa shape index (κ1) is 16.9. The minimum atomic E-state index is -1.40. The van der Waals surface area contributed by atoms with Crippen molar-refractivity contribution in [3.63, 3.8) is 0 Å². The second-order valence-corrected chi connectivity index (χ2v) is 4.60. The molecule has 2 N–H and O–H groups in total. The average molecular weight is 261 g/mol. The molecule has 0 bridgehead atoms. The molecule has 0 aromatic rings. The van der Waals surface area contributed by atoms with Crippen molar-refractivity contribution < 1.29 is 24.4 Å². The first-order valence-corrected chi connectivity index (χ1v) is 6.39. The summed E-state index contributed by atoms with van der Waals surface area (Å²) in [5.74, 6) is -4.07. The molecule has 0 aromatic heterocycles. The third-order valence-electron chi connectivity index (χ3n) is 2.92. The highest BCUT2D eigenvalue weighted by atomic mass is 16.5. The SMILES string of the molecule is CCC[N+]([O-])(CCC)CCCC(C(=O)O)C(=O)O. The lowest BCUT2D eigenvalue weighted by molar-refractivity contribution is -0.881. The van der Waals surface area contributed by atoms with E-state index in [0.29, 0.717) is 26.1 Å². The summed E-state index contributed by atoms with van der Waals surface area (Å²) in [5, 5.41) is 29.7. The Morgan fingerprint density at radius 2 is 1.50 bits per heavy atom. The lowest BCUT2D eigenvalue weighted by atomic mass is 10.0. The number of carboxylic acids is 2. The van der Waals surface area contributed by atoms with Crippen LogP contribution in [-0.4, -0.2) is 46.4 Å². The minimum Gasteiger partial charge on any atom is -0.633 e. The van der Waals surface area contributed by atoms with E-state index in [2.05, 4.69) is 0 Å². The standard InChI is InChI=1S/C12H23NO5/c1-3-7-13(18,8-4-2)9-5-6-10(11(14)15)12(16)17/h10H,3-9H2,1-2H3,(H,14,15)(H,16,17). The number of nitrogens with zero attached hydrogens (tertiary/aromatic N) is 1. The van der Waals surface area contributed by atoms with E-state index < -0.39 is 17.9 Å². The quantitative estimate of drug-likeness (QED) is 0.354. The zero-order chi connectivity index (χ0) is 14.2. The van der Waals surface area contributed by atoms with E-state index in [1.54, 1.807) is 0 Å². The molecule has 106 valence electrons. The monoisotopic (exact) mass is 261 g/mol. The number of hydrogen-bond donors (Lipinski definition) is 2. The van der Waals surface area contributed by atoms with Crippen molar-refractivity contribution >= 4 is 11.9 Å². The maximum atomic E-state index is 12.3. The molecule has 0 aromatic carbocycles. The second-order valence-electron chi connectivity index (χ2n) is 4.60. The number of hydrogen-bond acceptors (Lipinski definition) is 3. The Morgan fingerprint density at radius 1 is 1.06 bits per heavy atom. The second kappa shape index (κ2) is 8.05. The highest BCUT2D eigenvalue weighted by Crippen LogP contribution is 2.14. The number of carboxylic acid groups (broad SMARTS) is 2. The van der Waals surface area contributed by atoms with Gasteiger partial charge >= 0.3 is 11.9 Å². The van der Waals surface area contributed by atoms with E-state index in [9.17, 15) is 14.8 Å². The molecule has 0 saturated heterocycles. The molecule has 6 nitrogen and oxygen atoms in total. The van der Waals surface area contributed by atoms with Crippen LogP contribution in [0.5, 0.6) is 0 Å². The van der Waals surface area contributed by atoms with Crippen LogP contribution in [0.15, 0.2) is 0 Å². The smallest absolute Gasteiger partial charge is 0.317 e. The van der Waals surface area contributed by atoms with E-state index in [4.69, 9.17) is 10.2 Å². The van der Waals surface area contributed by atoms with Gasteiger partial charge < -0.3 is 20.1 Å². The highest BCUT2D eigenvalue weighted by Gasteiger charge is 2.26. The number of aliphatic carboxylic acids is 2. The van der Waals surface area contributed by atoms with Gasteiger partial charge in [0.2, 0.25) is 0 Å². The zero-order valence-corrected chi connectivity index (χ0v) is 11.1. The Labute approximate surface area is 107 Å². The summed E-state index contributed by atoms with van der Waals surface area (Å²) in [4.78, 5) is 21.4. The molecular weight excluding hydrogens is 238 g/mol.